The molecule has 1 nitrogen and oxygen atoms in total. The second-order valence-corrected chi connectivity index (χ2v) is 20.1. The molecule has 1 aliphatic heterocycles. The van der Waals surface area contributed by atoms with Crippen LogP contribution in [0.25, 0.3) is 0 Å². The average Bonchev–Trinajstić information content (AvgIpc) is 3.01. The molecule has 2 heteroatoms. The van der Waals surface area contributed by atoms with Gasteiger partial charge in [-0.2, -0.15) is 0 Å². The van der Waals surface area contributed by atoms with Crippen LogP contribution in [0.5, 0.6) is 0 Å². The third-order valence-electron chi connectivity index (χ3n) is 5.12. The SMILES string of the molecule is CCC[CH2][Sn]([CH]=CCN1CCCC1)([CH2]CCC)[CH2]CCC. The van der Waals surface area contributed by atoms with E-state index in [1.807, 2.05) is 0 Å². The molecule has 0 saturated carbocycles. The zero-order valence-electron chi connectivity index (χ0n) is 15.0. The average molecular weight is 400 g/mol. The zero-order valence-corrected chi connectivity index (χ0v) is 17.9. The Morgan fingerprint density at radius 1 is 0.810 bits per heavy atom. The second kappa shape index (κ2) is 12.0. The number of nitrogens with zero attached hydrogens (tertiary/aromatic N) is 1. The van der Waals surface area contributed by atoms with Crippen molar-refractivity contribution in [3.8, 4) is 0 Å². The van der Waals surface area contributed by atoms with Crippen molar-refractivity contribution in [2.75, 3.05) is 19.6 Å². The van der Waals surface area contributed by atoms with Gasteiger partial charge in [0.1, 0.15) is 0 Å². The summed E-state index contributed by atoms with van der Waals surface area (Å²) < 4.78 is 7.68. The molecule has 0 aromatic heterocycles. The normalized spacial score (nSPS) is 17.1. The molecule has 0 aromatic rings. The van der Waals surface area contributed by atoms with Gasteiger partial charge in [-0.15, -0.1) is 0 Å². The van der Waals surface area contributed by atoms with E-state index in [0.717, 1.165) is 0 Å². The van der Waals surface area contributed by atoms with Crippen LogP contribution in [0.2, 0.25) is 13.3 Å². The Kier molecular flexibility index (Phi) is 11.2. The fourth-order valence-electron chi connectivity index (χ4n) is 3.63. The molecule has 0 amide bonds. The maximum absolute atomic E-state index is 2.84. The summed E-state index contributed by atoms with van der Waals surface area (Å²) in [6.07, 6.45) is 14.0. The van der Waals surface area contributed by atoms with Crippen molar-refractivity contribution in [1.82, 2.24) is 4.90 Å². The minimum atomic E-state index is -1.98. The van der Waals surface area contributed by atoms with Gasteiger partial charge in [-0.25, -0.2) is 0 Å². The fourth-order valence-corrected chi connectivity index (χ4v) is 18.0. The van der Waals surface area contributed by atoms with Crippen LogP contribution in [0.1, 0.15) is 72.1 Å². The zero-order chi connectivity index (χ0) is 15.4. The predicted molar refractivity (Wildman–Crippen MR) is 99.7 cm³/mol. The van der Waals surface area contributed by atoms with Crippen LogP contribution in [-0.4, -0.2) is 42.9 Å². The van der Waals surface area contributed by atoms with Crippen molar-refractivity contribution in [3.63, 3.8) is 0 Å². The van der Waals surface area contributed by atoms with Crippen LogP contribution in [0.15, 0.2) is 10.2 Å². The number of likely N-dealkylation sites (tertiary alicyclic amines) is 1. The second-order valence-electron chi connectivity index (χ2n) is 7.08. The maximum atomic E-state index is 2.84. The summed E-state index contributed by atoms with van der Waals surface area (Å²) in [6.45, 7) is 11.0. The first-order chi connectivity index (χ1) is 10.3. The standard InChI is InChI=1S/C7H12N.3C4H9.Sn/c1-2-5-8-6-3-4-7-8;3*1-3-4-2;/h1-2H,3-7H2;3*1,3-4H2,2H3;. The Hall–Kier alpha value is 0.499. The van der Waals surface area contributed by atoms with Gasteiger partial charge in [-0.05, 0) is 0 Å². The third-order valence-corrected chi connectivity index (χ3v) is 19.4. The molecule has 0 spiro atoms. The van der Waals surface area contributed by atoms with Gasteiger partial charge in [0.15, 0.2) is 0 Å². The van der Waals surface area contributed by atoms with E-state index in [-0.39, 0.29) is 0 Å². The van der Waals surface area contributed by atoms with E-state index in [0.29, 0.717) is 0 Å². The Morgan fingerprint density at radius 2 is 1.29 bits per heavy atom. The molecule has 124 valence electrons. The molecule has 0 bridgehead atoms. The number of unbranched alkanes of at least 4 members (excludes halogenated alkanes) is 3. The van der Waals surface area contributed by atoms with Crippen molar-refractivity contribution < 1.29 is 0 Å². The molecule has 0 aliphatic carbocycles. The first-order valence-corrected chi connectivity index (χ1v) is 17.4. The minimum absolute atomic E-state index is 1.24. The summed E-state index contributed by atoms with van der Waals surface area (Å²) in [5.74, 6) is 0. The van der Waals surface area contributed by atoms with Gasteiger partial charge in [0.25, 0.3) is 0 Å². The van der Waals surface area contributed by atoms with Gasteiger partial charge >= 0.3 is 139 Å². The summed E-state index contributed by atoms with van der Waals surface area (Å²) in [5, 5.41) is 0. The summed E-state index contributed by atoms with van der Waals surface area (Å²) in [7, 11) is 0. The van der Waals surface area contributed by atoms with Crippen molar-refractivity contribution >= 4 is 18.4 Å². The van der Waals surface area contributed by atoms with E-state index in [1.165, 1.54) is 71.0 Å². The van der Waals surface area contributed by atoms with Crippen LogP contribution in [-0.2, 0) is 0 Å². The molecule has 1 heterocycles. The first-order valence-electron chi connectivity index (χ1n) is 9.66. The Balaban J connectivity index is 2.61. The molecule has 0 atom stereocenters. The van der Waals surface area contributed by atoms with Crippen molar-refractivity contribution in [2.24, 2.45) is 0 Å². The van der Waals surface area contributed by atoms with Crippen LogP contribution >= 0.6 is 0 Å². The molecule has 0 radical (unpaired) electrons. The molecular formula is C19H39NSn. The molecular weight excluding hydrogens is 361 g/mol. The van der Waals surface area contributed by atoms with Crippen molar-refractivity contribution in [3.05, 3.63) is 10.2 Å². The van der Waals surface area contributed by atoms with Crippen LogP contribution in [0, 0.1) is 0 Å². The summed E-state index contributed by atoms with van der Waals surface area (Å²) in [4.78, 5) is 2.65. The Morgan fingerprint density at radius 3 is 1.71 bits per heavy atom. The van der Waals surface area contributed by atoms with Crippen LogP contribution < -0.4 is 0 Å². The number of hydrogen-bond acceptors (Lipinski definition) is 1. The first kappa shape index (κ1) is 19.5. The quantitative estimate of drug-likeness (QED) is 0.362. The molecule has 1 aliphatic rings. The van der Waals surface area contributed by atoms with E-state index in [4.69, 9.17) is 0 Å². The molecule has 0 N–H and O–H groups in total. The van der Waals surface area contributed by atoms with Gasteiger partial charge in [0.2, 0.25) is 0 Å². The summed E-state index contributed by atoms with van der Waals surface area (Å²) in [6, 6.07) is 0. The Labute approximate surface area is 138 Å². The van der Waals surface area contributed by atoms with Gasteiger partial charge in [0.05, 0.1) is 0 Å². The Bertz CT molecular complexity index is 247. The van der Waals surface area contributed by atoms with E-state index in [2.05, 4.69) is 35.8 Å². The fraction of sp³-hybridized carbons (Fsp3) is 0.895. The van der Waals surface area contributed by atoms with Gasteiger partial charge in [-0.3, -0.25) is 0 Å². The molecule has 0 unspecified atom stereocenters. The molecule has 21 heavy (non-hydrogen) atoms. The number of rotatable bonds is 12. The third kappa shape index (κ3) is 8.06. The van der Waals surface area contributed by atoms with Gasteiger partial charge in [-0.1, -0.05) is 0 Å². The van der Waals surface area contributed by atoms with E-state index >= 15 is 0 Å². The van der Waals surface area contributed by atoms with Crippen LogP contribution in [0.3, 0.4) is 0 Å². The van der Waals surface area contributed by atoms with E-state index in [9.17, 15) is 0 Å². The summed E-state index contributed by atoms with van der Waals surface area (Å²) in [5.41, 5.74) is 0. The predicted octanol–water partition coefficient (Wildman–Crippen LogP) is 6.03. The molecule has 1 saturated heterocycles. The monoisotopic (exact) mass is 401 g/mol. The van der Waals surface area contributed by atoms with Crippen LogP contribution in [0.4, 0.5) is 0 Å². The van der Waals surface area contributed by atoms with Crippen molar-refractivity contribution in [2.45, 2.75) is 85.4 Å². The summed E-state index contributed by atoms with van der Waals surface area (Å²) >= 11 is -1.98. The topological polar surface area (TPSA) is 3.24 Å². The van der Waals surface area contributed by atoms with Crippen molar-refractivity contribution in [1.29, 1.82) is 0 Å². The molecule has 0 aromatic carbocycles. The van der Waals surface area contributed by atoms with Gasteiger partial charge in [0, 0.05) is 0 Å². The molecule has 1 rings (SSSR count). The van der Waals surface area contributed by atoms with E-state index < -0.39 is 18.4 Å². The van der Waals surface area contributed by atoms with Gasteiger partial charge < -0.3 is 0 Å². The number of hydrogen-bond donors (Lipinski definition) is 0. The molecule has 1 fully saturated rings. The van der Waals surface area contributed by atoms with E-state index in [1.54, 1.807) is 13.3 Å².